The zero-order valence-electron chi connectivity index (χ0n) is 12.5. The molecule has 0 saturated carbocycles. The van der Waals surface area contributed by atoms with Gasteiger partial charge >= 0.3 is 5.97 Å². The van der Waals surface area contributed by atoms with Gasteiger partial charge in [-0.3, -0.25) is 0 Å². The Kier molecular flexibility index (Phi) is 5.64. The molecular formula is C17H16Br2O3. The Hall–Kier alpha value is -1.33. The third-order valence-corrected chi connectivity index (χ3v) is 4.18. The molecule has 0 amide bonds. The molecule has 5 heteroatoms. The third kappa shape index (κ3) is 4.34. The van der Waals surface area contributed by atoms with Gasteiger partial charge in [0.15, 0.2) is 6.10 Å². The van der Waals surface area contributed by atoms with Crippen molar-refractivity contribution in [3.63, 3.8) is 0 Å². The number of carbonyl (C=O) groups excluding carboxylic acids is 1. The van der Waals surface area contributed by atoms with Gasteiger partial charge in [0.25, 0.3) is 0 Å². The lowest BCUT2D eigenvalue weighted by Gasteiger charge is -2.16. The van der Waals surface area contributed by atoms with Crippen molar-refractivity contribution >= 4 is 37.8 Å². The molecule has 3 nitrogen and oxygen atoms in total. The highest BCUT2D eigenvalue weighted by Crippen LogP contribution is 2.29. The zero-order valence-corrected chi connectivity index (χ0v) is 15.7. The van der Waals surface area contributed by atoms with Crippen LogP contribution in [0.3, 0.4) is 0 Å². The molecule has 0 spiro atoms. The standard InChI is InChI=1S/C17H16Br2O3/c1-10-4-6-15(11(2)8-10)22-17(20)12(3)21-16-7-5-13(18)9-14(16)19/h4-9,12H,1-3H3. The quantitative estimate of drug-likeness (QED) is 0.496. The van der Waals surface area contributed by atoms with Gasteiger partial charge < -0.3 is 9.47 Å². The van der Waals surface area contributed by atoms with Gasteiger partial charge in [-0.05, 0) is 66.5 Å². The first-order valence-electron chi connectivity index (χ1n) is 6.77. The molecule has 0 aliphatic rings. The summed E-state index contributed by atoms with van der Waals surface area (Å²) in [6.07, 6.45) is -0.710. The lowest BCUT2D eigenvalue weighted by atomic mass is 10.1. The summed E-state index contributed by atoms with van der Waals surface area (Å²) >= 11 is 6.78. The molecular weight excluding hydrogens is 412 g/mol. The summed E-state index contributed by atoms with van der Waals surface area (Å²) in [5, 5.41) is 0. The van der Waals surface area contributed by atoms with Crippen molar-refractivity contribution in [3.8, 4) is 11.5 Å². The minimum atomic E-state index is -0.710. The zero-order chi connectivity index (χ0) is 16.3. The predicted octanol–water partition coefficient (Wildman–Crippen LogP) is 5.20. The van der Waals surface area contributed by atoms with Crippen molar-refractivity contribution in [1.29, 1.82) is 0 Å². The first-order valence-corrected chi connectivity index (χ1v) is 8.36. The number of aryl methyl sites for hydroxylation is 2. The summed E-state index contributed by atoms with van der Waals surface area (Å²) in [4.78, 5) is 12.2. The summed E-state index contributed by atoms with van der Waals surface area (Å²) in [6.45, 7) is 5.57. The number of carbonyl (C=O) groups is 1. The third-order valence-electron chi connectivity index (χ3n) is 3.07. The molecule has 2 aromatic rings. The van der Waals surface area contributed by atoms with E-state index in [1.807, 2.05) is 38.1 Å². The Morgan fingerprint density at radius 2 is 1.73 bits per heavy atom. The van der Waals surface area contributed by atoms with Crippen molar-refractivity contribution in [1.82, 2.24) is 0 Å². The molecule has 2 rings (SSSR count). The van der Waals surface area contributed by atoms with E-state index >= 15 is 0 Å². The van der Waals surface area contributed by atoms with E-state index in [4.69, 9.17) is 9.47 Å². The number of halogens is 2. The monoisotopic (exact) mass is 426 g/mol. The average Bonchev–Trinajstić information content (AvgIpc) is 2.44. The van der Waals surface area contributed by atoms with E-state index in [9.17, 15) is 4.79 Å². The van der Waals surface area contributed by atoms with Crippen molar-refractivity contribution in [3.05, 3.63) is 56.5 Å². The molecule has 1 atom stereocenters. The maximum atomic E-state index is 12.2. The van der Waals surface area contributed by atoms with Gasteiger partial charge in [0, 0.05) is 4.47 Å². The van der Waals surface area contributed by atoms with E-state index < -0.39 is 12.1 Å². The Bertz CT molecular complexity index is 698. The lowest BCUT2D eigenvalue weighted by molar-refractivity contribution is -0.141. The van der Waals surface area contributed by atoms with Crippen LogP contribution in [0.5, 0.6) is 11.5 Å². The summed E-state index contributed by atoms with van der Waals surface area (Å²) in [5.74, 6) is 0.718. The van der Waals surface area contributed by atoms with Gasteiger partial charge in [0.2, 0.25) is 0 Å². The largest absolute Gasteiger partial charge is 0.478 e. The second-order valence-corrected chi connectivity index (χ2v) is 6.79. The van der Waals surface area contributed by atoms with Gasteiger partial charge in [-0.2, -0.15) is 0 Å². The molecule has 2 aromatic carbocycles. The van der Waals surface area contributed by atoms with Crippen molar-refractivity contribution in [2.24, 2.45) is 0 Å². The molecule has 0 N–H and O–H groups in total. The molecule has 22 heavy (non-hydrogen) atoms. The van der Waals surface area contributed by atoms with Crippen LogP contribution < -0.4 is 9.47 Å². The number of ether oxygens (including phenoxy) is 2. The van der Waals surface area contributed by atoms with Crippen LogP contribution in [0.25, 0.3) is 0 Å². The molecule has 116 valence electrons. The van der Waals surface area contributed by atoms with Crippen LogP contribution in [-0.4, -0.2) is 12.1 Å². The highest BCUT2D eigenvalue weighted by atomic mass is 79.9. The Morgan fingerprint density at radius 3 is 2.36 bits per heavy atom. The van der Waals surface area contributed by atoms with Crippen LogP contribution >= 0.6 is 31.9 Å². The molecule has 0 aliphatic heterocycles. The molecule has 0 aliphatic carbocycles. The highest BCUT2D eigenvalue weighted by Gasteiger charge is 2.19. The van der Waals surface area contributed by atoms with Gasteiger partial charge in [0.1, 0.15) is 11.5 Å². The fourth-order valence-corrected chi connectivity index (χ4v) is 3.06. The molecule has 0 fully saturated rings. The number of benzene rings is 2. The molecule has 0 aromatic heterocycles. The maximum absolute atomic E-state index is 12.2. The van der Waals surface area contributed by atoms with Crippen molar-refractivity contribution in [2.75, 3.05) is 0 Å². The Labute approximate surface area is 146 Å². The summed E-state index contributed by atoms with van der Waals surface area (Å²) in [7, 11) is 0. The predicted molar refractivity (Wildman–Crippen MR) is 93.5 cm³/mol. The van der Waals surface area contributed by atoms with E-state index in [0.717, 1.165) is 20.1 Å². The topological polar surface area (TPSA) is 35.5 Å². The van der Waals surface area contributed by atoms with Crippen molar-refractivity contribution in [2.45, 2.75) is 26.9 Å². The smallest absolute Gasteiger partial charge is 0.352 e. The molecule has 1 unspecified atom stereocenters. The van der Waals surface area contributed by atoms with Gasteiger partial charge in [-0.1, -0.05) is 33.6 Å². The maximum Gasteiger partial charge on any atom is 0.352 e. The number of hydrogen-bond acceptors (Lipinski definition) is 3. The Morgan fingerprint density at radius 1 is 1.05 bits per heavy atom. The van der Waals surface area contributed by atoms with Crippen LogP contribution in [0.15, 0.2) is 45.3 Å². The summed E-state index contributed by atoms with van der Waals surface area (Å²) in [5.41, 5.74) is 2.05. The minimum Gasteiger partial charge on any atom is -0.478 e. The highest BCUT2D eigenvalue weighted by molar-refractivity contribution is 9.11. The van der Waals surface area contributed by atoms with E-state index in [0.29, 0.717) is 11.5 Å². The molecule has 0 heterocycles. The van der Waals surface area contributed by atoms with E-state index in [2.05, 4.69) is 31.9 Å². The van der Waals surface area contributed by atoms with Crippen LogP contribution in [0.4, 0.5) is 0 Å². The van der Waals surface area contributed by atoms with Gasteiger partial charge in [-0.15, -0.1) is 0 Å². The summed E-state index contributed by atoms with van der Waals surface area (Å²) in [6, 6.07) is 11.2. The fraction of sp³-hybridized carbons (Fsp3) is 0.235. The number of rotatable bonds is 4. The van der Waals surface area contributed by atoms with Crippen LogP contribution in [-0.2, 0) is 4.79 Å². The van der Waals surface area contributed by atoms with E-state index in [1.165, 1.54) is 0 Å². The van der Waals surface area contributed by atoms with Crippen LogP contribution in [0.2, 0.25) is 0 Å². The average molecular weight is 428 g/mol. The normalized spacial score (nSPS) is 11.9. The lowest BCUT2D eigenvalue weighted by Crippen LogP contribution is -2.28. The van der Waals surface area contributed by atoms with Crippen LogP contribution in [0, 0.1) is 13.8 Å². The first kappa shape index (κ1) is 17.0. The van der Waals surface area contributed by atoms with Crippen LogP contribution in [0.1, 0.15) is 18.1 Å². The first-order chi connectivity index (χ1) is 10.4. The second kappa shape index (κ2) is 7.29. The molecule has 0 bridgehead atoms. The SMILES string of the molecule is Cc1ccc(OC(=O)C(C)Oc2ccc(Br)cc2Br)c(C)c1. The van der Waals surface area contributed by atoms with Gasteiger partial charge in [0.05, 0.1) is 4.47 Å². The second-order valence-electron chi connectivity index (χ2n) is 5.02. The van der Waals surface area contributed by atoms with Gasteiger partial charge in [-0.25, -0.2) is 4.79 Å². The number of hydrogen-bond donors (Lipinski definition) is 0. The summed E-state index contributed by atoms with van der Waals surface area (Å²) < 4.78 is 12.8. The minimum absolute atomic E-state index is 0.429. The molecule has 0 saturated heterocycles. The van der Waals surface area contributed by atoms with Crippen molar-refractivity contribution < 1.29 is 14.3 Å². The number of esters is 1. The van der Waals surface area contributed by atoms with E-state index in [-0.39, 0.29) is 0 Å². The van der Waals surface area contributed by atoms with E-state index in [1.54, 1.807) is 19.1 Å². The fourth-order valence-electron chi connectivity index (χ4n) is 1.91. The Balaban J connectivity index is 2.05. The molecule has 0 radical (unpaired) electrons.